The number of nitrogens with zero attached hydrogens (tertiary/aromatic N) is 3. The van der Waals surface area contributed by atoms with Crippen LogP contribution in [0.1, 0.15) is 10.4 Å². The molecule has 0 aliphatic heterocycles. The van der Waals surface area contributed by atoms with Gasteiger partial charge in [-0.3, -0.25) is 5.32 Å². The van der Waals surface area contributed by atoms with Gasteiger partial charge in [0.2, 0.25) is 0 Å². The third-order valence-electron chi connectivity index (χ3n) is 5.30. The minimum absolute atomic E-state index is 0.348. The Kier molecular flexibility index (Phi) is 7.09. The van der Waals surface area contributed by atoms with Crippen molar-refractivity contribution < 1.29 is 4.79 Å². The number of rotatable bonds is 7. The number of pyridine rings is 1. The first-order valence-corrected chi connectivity index (χ1v) is 13.0. The highest BCUT2D eigenvalue weighted by Crippen LogP contribution is 2.45. The lowest BCUT2D eigenvalue weighted by atomic mass is 10.1. The maximum absolute atomic E-state index is 12.2. The van der Waals surface area contributed by atoms with Crippen LogP contribution in [0.5, 0.6) is 0 Å². The number of para-hydroxylation sites is 1. The van der Waals surface area contributed by atoms with Crippen molar-refractivity contribution >= 4 is 67.0 Å². The Morgan fingerprint density at radius 2 is 1.72 bits per heavy atom. The number of fused-ring (bicyclic) bond motifs is 1. The molecule has 3 N–H and O–H groups in total. The molecule has 178 valence electrons. The van der Waals surface area contributed by atoms with Gasteiger partial charge in [-0.05, 0) is 17.7 Å². The largest absolute Gasteiger partial charge is 0.383 e. The predicted molar refractivity (Wildman–Crippen MR) is 148 cm³/mol. The summed E-state index contributed by atoms with van der Waals surface area (Å²) in [5, 5.41) is 20.4. The van der Waals surface area contributed by atoms with Crippen molar-refractivity contribution in [2.45, 2.75) is 6.42 Å². The third kappa shape index (κ3) is 5.16. The van der Waals surface area contributed by atoms with Crippen LogP contribution in [0.25, 0.3) is 20.7 Å². The van der Waals surface area contributed by atoms with Crippen molar-refractivity contribution in [3.8, 4) is 16.5 Å². The van der Waals surface area contributed by atoms with Gasteiger partial charge in [0.05, 0.1) is 26.5 Å². The highest BCUT2D eigenvalue weighted by molar-refractivity contribution is 7.22. The first-order valence-electron chi connectivity index (χ1n) is 11.0. The monoisotopic (exact) mass is 530 g/mol. The van der Waals surface area contributed by atoms with E-state index in [1.54, 1.807) is 12.4 Å². The summed E-state index contributed by atoms with van der Waals surface area (Å²) in [7, 11) is 0. The maximum atomic E-state index is 12.2. The predicted octanol–water partition coefficient (Wildman–Crippen LogP) is 7.24. The minimum Gasteiger partial charge on any atom is -0.383 e. The topological polar surface area (TPSA) is 103 Å². The van der Waals surface area contributed by atoms with E-state index < -0.39 is 0 Å². The highest BCUT2D eigenvalue weighted by atomic mass is 35.5. The van der Waals surface area contributed by atoms with Crippen LogP contribution < -0.4 is 16.0 Å². The van der Waals surface area contributed by atoms with E-state index in [4.69, 9.17) is 11.6 Å². The van der Waals surface area contributed by atoms with Crippen LogP contribution in [-0.2, 0) is 6.42 Å². The van der Waals surface area contributed by atoms with Crippen molar-refractivity contribution in [1.82, 2.24) is 9.97 Å². The molecule has 36 heavy (non-hydrogen) atoms. The van der Waals surface area contributed by atoms with Gasteiger partial charge in [0, 0.05) is 35.9 Å². The van der Waals surface area contributed by atoms with E-state index in [1.807, 2.05) is 60.7 Å². The molecule has 3 heterocycles. The lowest BCUT2D eigenvalue weighted by molar-refractivity contribution is 0.262. The molecule has 0 radical (unpaired) electrons. The molecular weight excluding hydrogens is 512 g/mol. The van der Waals surface area contributed by atoms with Crippen LogP contribution >= 0.6 is 34.3 Å². The molecular formula is C26H19ClN6OS2. The van der Waals surface area contributed by atoms with E-state index in [0.29, 0.717) is 40.1 Å². The van der Waals surface area contributed by atoms with Gasteiger partial charge >= 0.3 is 6.03 Å². The molecule has 10 heteroatoms. The average molecular weight is 531 g/mol. The summed E-state index contributed by atoms with van der Waals surface area (Å²) in [4.78, 5) is 23.6. The van der Waals surface area contributed by atoms with Crippen molar-refractivity contribution in [2.24, 2.45) is 0 Å². The van der Waals surface area contributed by atoms with Gasteiger partial charge in [0.25, 0.3) is 0 Å². The van der Waals surface area contributed by atoms with Crippen molar-refractivity contribution in [3.05, 3.63) is 88.5 Å². The fraction of sp³-hybridized carbons (Fsp3) is 0.0769. The van der Waals surface area contributed by atoms with Crippen molar-refractivity contribution in [1.29, 1.82) is 5.26 Å². The smallest absolute Gasteiger partial charge is 0.325 e. The molecule has 0 saturated carbocycles. The molecule has 7 nitrogen and oxygen atoms in total. The Morgan fingerprint density at radius 3 is 2.47 bits per heavy atom. The van der Waals surface area contributed by atoms with E-state index in [1.165, 1.54) is 22.7 Å². The number of urea groups is 1. The number of nitriles is 1. The summed E-state index contributed by atoms with van der Waals surface area (Å²) in [6.45, 7) is 0.554. The molecule has 0 aliphatic rings. The van der Waals surface area contributed by atoms with E-state index in [2.05, 4.69) is 32.0 Å². The molecule has 5 rings (SSSR count). The standard InChI is InChI=1S/C26H19ClN6OS2/c27-21-20-22(17(13-28)14-30-24(20)36-23(21)16-7-3-1-4-8-16)29-12-11-19-15-31-26(35-19)33-25(34)32-18-9-5-2-6-10-18/h1-10,14-15H,11-12H2,(H,29,30)(H2,31,32,33,34). The second kappa shape index (κ2) is 10.7. The van der Waals surface area contributed by atoms with Gasteiger partial charge in [-0.2, -0.15) is 5.26 Å². The van der Waals surface area contributed by atoms with Gasteiger partial charge in [0.15, 0.2) is 5.13 Å². The second-order valence-electron chi connectivity index (χ2n) is 7.70. The van der Waals surface area contributed by atoms with Crippen LogP contribution in [0.2, 0.25) is 5.02 Å². The van der Waals surface area contributed by atoms with E-state index >= 15 is 0 Å². The highest BCUT2D eigenvalue weighted by Gasteiger charge is 2.19. The Hall–Kier alpha value is -3.97. The molecule has 0 unspecified atom stereocenters. The number of thiophene rings is 1. The molecule has 0 saturated heterocycles. The molecule has 0 bridgehead atoms. The zero-order valence-corrected chi connectivity index (χ0v) is 21.2. The van der Waals surface area contributed by atoms with Crippen LogP contribution in [0.3, 0.4) is 0 Å². The number of carbonyl (C=O) groups excluding carboxylic acids is 1. The van der Waals surface area contributed by atoms with E-state index in [0.717, 1.165) is 25.5 Å². The fourth-order valence-corrected chi connectivity index (χ4v) is 5.97. The number of thiazole rings is 1. The number of hydrogen-bond donors (Lipinski definition) is 3. The van der Waals surface area contributed by atoms with Crippen molar-refractivity contribution in [2.75, 3.05) is 22.5 Å². The fourth-order valence-electron chi connectivity index (χ4n) is 3.65. The Bertz CT molecular complexity index is 1560. The minimum atomic E-state index is -0.348. The summed E-state index contributed by atoms with van der Waals surface area (Å²) in [5.74, 6) is 0. The SMILES string of the molecule is N#Cc1cnc2sc(-c3ccccc3)c(Cl)c2c1NCCc1cnc(NC(=O)Nc2ccccc2)s1. The number of hydrogen-bond acceptors (Lipinski definition) is 7. The normalized spacial score (nSPS) is 10.7. The Morgan fingerprint density at radius 1 is 0.972 bits per heavy atom. The molecule has 0 spiro atoms. The lowest BCUT2D eigenvalue weighted by Gasteiger charge is -2.09. The van der Waals surface area contributed by atoms with Crippen LogP contribution in [0.4, 0.5) is 21.3 Å². The number of carbonyl (C=O) groups is 1. The van der Waals surface area contributed by atoms with Crippen LogP contribution in [0, 0.1) is 11.3 Å². The van der Waals surface area contributed by atoms with Gasteiger partial charge < -0.3 is 10.6 Å². The summed E-state index contributed by atoms with van der Waals surface area (Å²) in [6.07, 6.45) is 3.97. The molecule has 0 aliphatic carbocycles. The maximum Gasteiger partial charge on any atom is 0.325 e. The number of benzene rings is 2. The zero-order valence-electron chi connectivity index (χ0n) is 18.8. The number of amides is 2. The Balaban J connectivity index is 1.28. The lowest BCUT2D eigenvalue weighted by Crippen LogP contribution is -2.19. The van der Waals surface area contributed by atoms with E-state index in [-0.39, 0.29) is 6.03 Å². The first-order chi connectivity index (χ1) is 17.6. The third-order valence-corrected chi connectivity index (χ3v) is 7.91. The molecule has 0 fully saturated rings. The Labute approximate surface area is 220 Å². The zero-order chi connectivity index (χ0) is 24.9. The summed E-state index contributed by atoms with van der Waals surface area (Å²) in [6, 6.07) is 21.0. The second-order valence-corrected chi connectivity index (χ2v) is 10.2. The number of aromatic nitrogens is 2. The molecule has 0 atom stereocenters. The summed E-state index contributed by atoms with van der Waals surface area (Å²) in [5.41, 5.74) is 2.83. The summed E-state index contributed by atoms with van der Waals surface area (Å²) >= 11 is 9.70. The number of anilines is 3. The van der Waals surface area contributed by atoms with Crippen LogP contribution in [0.15, 0.2) is 73.1 Å². The van der Waals surface area contributed by atoms with Gasteiger partial charge in [-0.15, -0.1) is 22.7 Å². The number of halogens is 1. The molecule has 2 amide bonds. The van der Waals surface area contributed by atoms with Crippen molar-refractivity contribution in [3.63, 3.8) is 0 Å². The van der Waals surface area contributed by atoms with E-state index in [9.17, 15) is 10.1 Å². The molecule has 5 aromatic rings. The first kappa shape index (κ1) is 23.8. The molecule has 3 aromatic heterocycles. The van der Waals surface area contributed by atoms with Crippen LogP contribution in [-0.4, -0.2) is 22.5 Å². The number of nitrogens with one attached hydrogen (secondary N) is 3. The van der Waals surface area contributed by atoms with Gasteiger partial charge in [0.1, 0.15) is 10.9 Å². The summed E-state index contributed by atoms with van der Waals surface area (Å²) < 4.78 is 0. The van der Waals surface area contributed by atoms with Gasteiger partial charge in [-0.1, -0.05) is 60.1 Å². The average Bonchev–Trinajstić information content (AvgIpc) is 3.49. The molecule has 2 aromatic carbocycles. The van der Waals surface area contributed by atoms with Gasteiger partial charge in [-0.25, -0.2) is 14.8 Å². The quantitative estimate of drug-likeness (QED) is 0.206.